The van der Waals surface area contributed by atoms with Crippen LogP contribution in [-0.4, -0.2) is 27.8 Å². The SMILES string of the molecule is CC1(C)OC(C)(C)C(=O)C(c2cc(Oc3ncc(C(F)(F)F)cc3C(F)(F)F)ccc2C2CC2)C1=O. The predicted molar refractivity (Wildman–Crippen MR) is 115 cm³/mol. The van der Waals surface area contributed by atoms with E-state index in [-0.39, 0.29) is 29.5 Å². The van der Waals surface area contributed by atoms with Gasteiger partial charge in [-0.1, -0.05) is 6.07 Å². The monoisotopic (exact) mass is 515 g/mol. The zero-order chi connectivity index (χ0) is 26.8. The van der Waals surface area contributed by atoms with Crippen molar-refractivity contribution in [2.45, 2.75) is 75.9 Å². The van der Waals surface area contributed by atoms with E-state index in [1.165, 1.54) is 39.8 Å². The predicted octanol–water partition coefficient (Wildman–Crippen LogP) is 6.60. The quantitative estimate of drug-likeness (QED) is 0.339. The fourth-order valence-electron chi connectivity index (χ4n) is 4.47. The first kappa shape index (κ1) is 26.1. The number of carbonyl (C=O) groups is 2. The summed E-state index contributed by atoms with van der Waals surface area (Å²) in [6, 6.07) is 4.14. The summed E-state index contributed by atoms with van der Waals surface area (Å²) in [5, 5.41) is 0. The number of halogens is 6. The molecule has 2 fully saturated rings. The number of pyridine rings is 1. The lowest BCUT2D eigenvalue weighted by molar-refractivity contribution is -0.184. The molecule has 1 aliphatic heterocycles. The Morgan fingerprint density at radius 2 is 1.47 bits per heavy atom. The molecule has 1 saturated carbocycles. The summed E-state index contributed by atoms with van der Waals surface area (Å²) in [4.78, 5) is 29.8. The minimum Gasteiger partial charge on any atom is -0.438 e. The molecule has 1 aromatic carbocycles. The van der Waals surface area contributed by atoms with Crippen molar-refractivity contribution in [3.05, 3.63) is 52.7 Å². The van der Waals surface area contributed by atoms with E-state index in [1.54, 1.807) is 6.07 Å². The number of alkyl halides is 6. The Balaban J connectivity index is 1.80. The molecular weight excluding hydrogens is 492 g/mol. The van der Waals surface area contributed by atoms with Crippen LogP contribution in [0.2, 0.25) is 0 Å². The Kier molecular flexibility index (Phi) is 6.02. The van der Waals surface area contributed by atoms with Crippen LogP contribution in [0.15, 0.2) is 30.5 Å². The molecule has 0 atom stereocenters. The molecule has 2 aliphatic rings. The van der Waals surface area contributed by atoms with Gasteiger partial charge in [0.15, 0.2) is 11.6 Å². The van der Waals surface area contributed by atoms with Gasteiger partial charge in [0.25, 0.3) is 0 Å². The van der Waals surface area contributed by atoms with Crippen LogP contribution in [0.4, 0.5) is 26.3 Å². The molecule has 1 saturated heterocycles. The number of benzene rings is 1. The van der Waals surface area contributed by atoms with Crippen LogP contribution in [0, 0.1) is 0 Å². The van der Waals surface area contributed by atoms with Crippen LogP contribution in [0.1, 0.15) is 74.6 Å². The Morgan fingerprint density at radius 3 is 1.97 bits per heavy atom. The van der Waals surface area contributed by atoms with Crippen molar-refractivity contribution in [3.63, 3.8) is 0 Å². The summed E-state index contributed by atoms with van der Waals surface area (Å²) in [7, 11) is 0. The van der Waals surface area contributed by atoms with Crippen LogP contribution in [-0.2, 0) is 26.7 Å². The maximum atomic E-state index is 13.6. The second-order valence-corrected chi connectivity index (χ2v) is 10.0. The standard InChI is InChI=1S/C25H23F6NO4/c1-22(2)19(33)18(20(34)23(3,4)36-22)16-10-14(7-8-15(16)12-5-6-12)35-21-17(25(29,30)31)9-13(11-32-21)24(26,27)28/h7-12,18H,5-6H2,1-4H3. The second kappa shape index (κ2) is 8.29. The number of rotatable bonds is 4. The number of nitrogens with zero attached hydrogens (tertiary/aromatic N) is 1. The molecule has 0 amide bonds. The van der Waals surface area contributed by atoms with Gasteiger partial charge in [0.1, 0.15) is 28.4 Å². The van der Waals surface area contributed by atoms with Crippen LogP contribution in [0.25, 0.3) is 0 Å². The van der Waals surface area contributed by atoms with Crippen molar-refractivity contribution in [1.82, 2.24) is 4.98 Å². The summed E-state index contributed by atoms with van der Waals surface area (Å²) in [6.07, 6.45) is -8.34. The highest BCUT2D eigenvalue weighted by Gasteiger charge is 2.54. The lowest BCUT2D eigenvalue weighted by Crippen LogP contribution is -2.58. The average molecular weight is 515 g/mol. The van der Waals surface area contributed by atoms with Crippen molar-refractivity contribution in [1.29, 1.82) is 0 Å². The molecule has 0 bridgehead atoms. The molecule has 2 aromatic rings. The first-order valence-corrected chi connectivity index (χ1v) is 11.2. The highest BCUT2D eigenvalue weighted by Crippen LogP contribution is 2.48. The lowest BCUT2D eigenvalue weighted by Gasteiger charge is -2.43. The van der Waals surface area contributed by atoms with Crippen molar-refractivity contribution >= 4 is 11.6 Å². The van der Waals surface area contributed by atoms with E-state index < -0.39 is 58.0 Å². The van der Waals surface area contributed by atoms with Crippen molar-refractivity contribution < 1.29 is 45.4 Å². The highest BCUT2D eigenvalue weighted by atomic mass is 19.4. The number of hydrogen-bond donors (Lipinski definition) is 0. The molecule has 5 nitrogen and oxygen atoms in total. The fraction of sp³-hybridized carbons (Fsp3) is 0.480. The van der Waals surface area contributed by atoms with Gasteiger partial charge in [0, 0.05) is 6.20 Å². The normalized spacial score (nSPS) is 20.5. The van der Waals surface area contributed by atoms with E-state index in [0.717, 1.165) is 12.8 Å². The number of hydrogen-bond acceptors (Lipinski definition) is 5. The summed E-state index contributed by atoms with van der Waals surface area (Å²) in [5.74, 6) is -3.46. The molecule has 4 rings (SSSR count). The van der Waals surface area contributed by atoms with Gasteiger partial charge in [-0.2, -0.15) is 26.3 Å². The number of ketones is 2. The van der Waals surface area contributed by atoms with Crippen LogP contribution in [0.3, 0.4) is 0 Å². The van der Waals surface area contributed by atoms with Gasteiger partial charge >= 0.3 is 12.4 Å². The minimum absolute atomic E-state index is 0.0682. The van der Waals surface area contributed by atoms with Crippen molar-refractivity contribution in [2.24, 2.45) is 0 Å². The van der Waals surface area contributed by atoms with Crippen molar-refractivity contribution in [2.75, 3.05) is 0 Å². The fourth-order valence-corrected chi connectivity index (χ4v) is 4.47. The first-order chi connectivity index (χ1) is 16.4. The molecule has 0 unspecified atom stereocenters. The molecular formula is C25H23F6NO4. The summed E-state index contributed by atoms with van der Waals surface area (Å²) in [5.41, 5.74) is -4.91. The average Bonchev–Trinajstić information content (AvgIpc) is 3.56. The molecule has 2 heterocycles. The maximum absolute atomic E-state index is 13.6. The third kappa shape index (κ3) is 4.85. The Hall–Kier alpha value is -2.95. The smallest absolute Gasteiger partial charge is 0.421 e. The molecule has 11 heteroatoms. The van der Waals surface area contributed by atoms with E-state index >= 15 is 0 Å². The van der Waals surface area contributed by atoms with Gasteiger partial charge in [-0.05, 0) is 75.8 Å². The van der Waals surface area contributed by atoms with Gasteiger partial charge < -0.3 is 9.47 Å². The van der Waals surface area contributed by atoms with E-state index in [1.807, 2.05) is 0 Å². The minimum atomic E-state index is -5.18. The van der Waals surface area contributed by atoms with Gasteiger partial charge in [-0.15, -0.1) is 0 Å². The molecule has 0 spiro atoms. The molecule has 1 aliphatic carbocycles. The molecule has 36 heavy (non-hydrogen) atoms. The van der Waals surface area contributed by atoms with E-state index in [4.69, 9.17) is 9.47 Å². The Morgan fingerprint density at radius 1 is 0.889 bits per heavy atom. The number of Topliss-reactive ketones (excluding diaryl/α,β-unsaturated/α-hetero) is 2. The van der Waals surface area contributed by atoms with Crippen molar-refractivity contribution in [3.8, 4) is 11.6 Å². The van der Waals surface area contributed by atoms with Crippen LogP contribution in [0.5, 0.6) is 11.6 Å². The van der Waals surface area contributed by atoms with E-state index in [0.29, 0.717) is 5.56 Å². The van der Waals surface area contributed by atoms with Gasteiger partial charge in [-0.3, -0.25) is 9.59 Å². The second-order valence-electron chi connectivity index (χ2n) is 10.0. The van der Waals surface area contributed by atoms with E-state index in [2.05, 4.69) is 4.98 Å². The van der Waals surface area contributed by atoms with Gasteiger partial charge in [-0.25, -0.2) is 4.98 Å². The number of carbonyl (C=O) groups excluding carboxylic acids is 2. The zero-order valence-electron chi connectivity index (χ0n) is 19.8. The molecule has 1 aromatic heterocycles. The molecule has 0 radical (unpaired) electrons. The lowest BCUT2D eigenvalue weighted by atomic mass is 9.73. The van der Waals surface area contributed by atoms with Crippen LogP contribution < -0.4 is 4.74 Å². The largest absolute Gasteiger partial charge is 0.438 e. The number of aromatic nitrogens is 1. The third-order valence-corrected chi connectivity index (χ3v) is 6.31. The molecule has 194 valence electrons. The Labute approximate surface area is 202 Å². The Bertz CT molecular complexity index is 1200. The summed E-state index contributed by atoms with van der Waals surface area (Å²) >= 11 is 0. The maximum Gasteiger partial charge on any atom is 0.421 e. The molecule has 0 N–H and O–H groups in total. The zero-order valence-corrected chi connectivity index (χ0v) is 19.8. The first-order valence-electron chi connectivity index (χ1n) is 11.2. The number of ether oxygens (including phenoxy) is 2. The van der Waals surface area contributed by atoms with E-state index in [9.17, 15) is 35.9 Å². The van der Waals surface area contributed by atoms with Gasteiger partial charge in [0.05, 0.1) is 5.56 Å². The summed E-state index contributed by atoms with van der Waals surface area (Å²) in [6.45, 7) is 6.15. The highest BCUT2D eigenvalue weighted by molar-refractivity contribution is 6.15. The third-order valence-electron chi connectivity index (χ3n) is 6.31. The van der Waals surface area contributed by atoms with Gasteiger partial charge in [0.2, 0.25) is 5.88 Å². The van der Waals surface area contributed by atoms with Crippen LogP contribution >= 0.6 is 0 Å². The topological polar surface area (TPSA) is 65.5 Å². The summed E-state index contributed by atoms with van der Waals surface area (Å²) < 4.78 is 90.6.